The molecule has 0 bridgehead atoms. The Bertz CT molecular complexity index is 663. The standard InChI is InChI=1S/C14H11N3/c1-10-12-6-5-11(8-14(12)17-9-16-10)13-4-2-3-7-15-13/h2-9H,1H3. The fourth-order valence-electron chi connectivity index (χ4n) is 1.88. The first-order chi connectivity index (χ1) is 8.34. The molecule has 3 aromatic rings. The highest BCUT2D eigenvalue weighted by molar-refractivity contribution is 5.84. The molecule has 3 rings (SSSR count). The minimum atomic E-state index is 0.959. The Kier molecular flexibility index (Phi) is 2.29. The number of nitrogens with zero attached hydrogens (tertiary/aromatic N) is 3. The first kappa shape index (κ1) is 9.90. The third-order valence-electron chi connectivity index (χ3n) is 2.80. The molecule has 17 heavy (non-hydrogen) atoms. The second kappa shape index (κ2) is 3.94. The summed E-state index contributed by atoms with van der Waals surface area (Å²) in [5.74, 6) is 0. The van der Waals surface area contributed by atoms with E-state index in [1.807, 2.05) is 31.2 Å². The van der Waals surface area contributed by atoms with Crippen molar-refractivity contribution in [3.63, 3.8) is 0 Å². The Labute approximate surface area is 99.2 Å². The smallest absolute Gasteiger partial charge is 0.116 e. The van der Waals surface area contributed by atoms with Crippen molar-refractivity contribution in [1.29, 1.82) is 0 Å². The van der Waals surface area contributed by atoms with Gasteiger partial charge in [-0.3, -0.25) is 4.98 Å². The van der Waals surface area contributed by atoms with Crippen molar-refractivity contribution >= 4 is 10.9 Å². The average molecular weight is 221 g/mol. The van der Waals surface area contributed by atoms with E-state index < -0.39 is 0 Å². The first-order valence-corrected chi connectivity index (χ1v) is 5.47. The Morgan fingerprint density at radius 3 is 2.71 bits per heavy atom. The summed E-state index contributed by atoms with van der Waals surface area (Å²) in [7, 11) is 0. The maximum Gasteiger partial charge on any atom is 0.116 e. The summed E-state index contributed by atoms with van der Waals surface area (Å²) in [4.78, 5) is 12.8. The predicted octanol–water partition coefficient (Wildman–Crippen LogP) is 3.00. The van der Waals surface area contributed by atoms with Crippen molar-refractivity contribution in [2.24, 2.45) is 0 Å². The van der Waals surface area contributed by atoms with Crippen LogP contribution in [-0.4, -0.2) is 15.0 Å². The van der Waals surface area contributed by atoms with Crippen LogP contribution in [0.1, 0.15) is 5.69 Å². The topological polar surface area (TPSA) is 38.7 Å². The van der Waals surface area contributed by atoms with Gasteiger partial charge in [0.15, 0.2) is 0 Å². The SMILES string of the molecule is Cc1ncnc2cc(-c3ccccn3)ccc12. The molecule has 2 aromatic heterocycles. The van der Waals surface area contributed by atoms with Gasteiger partial charge >= 0.3 is 0 Å². The normalized spacial score (nSPS) is 10.6. The van der Waals surface area contributed by atoms with Gasteiger partial charge in [-0.2, -0.15) is 0 Å². The zero-order valence-corrected chi connectivity index (χ0v) is 9.46. The van der Waals surface area contributed by atoms with Gasteiger partial charge in [0, 0.05) is 22.8 Å². The quantitative estimate of drug-likeness (QED) is 0.634. The number of pyridine rings is 1. The second-order valence-electron chi connectivity index (χ2n) is 3.91. The number of hydrogen-bond donors (Lipinski definition) is 0. The lowest BCUT2D eigenvalue weighted by atomic mass is 10.1. The van der Waals surface area contributed by atoms with E-state index in [-0.39, 0.29) is 0 Å². The summed E-state index contributed by atoms with van der Waals surface area (Å²) in [6.07, 6.45) is 3.39. The van der Waals surface area contributed by atoms with Gasteiger partial charge in [0.2, 0.25) is 0 Å². The average Bonchev–Trinajstić information content (AvgIpc) is 2.40. The molecule has 82 valence electrons. The molecule has 0 aliphatic rings. The van der Waals surface area contributed by atoms with Crippen LogP contribution < -0.4 is 0 Å². The van der Waals surface area contributed by atoms with Crippen LogP contribution in [0.2, 0.25) is 0 Å². The molecule has 0 aliphatic heterocycles. The molecule has 2 heterocycles. The van der Waals surface area contributed by atoms with Gasteiger partial charge in [0.05, 0.1) is 11.2 Å². The summed E-state index contributed by atoms with van der Waals surface area (Å²) in [5, 5.41) is 1.09. The minimum absolute atomic E-state index is 0.959. The molecule has 3 heteroatoms. The Hall–Kier alpha value is -2.29. The molecular formula is C14H11N3. The highest BCUT2D eigenvalue weighted by atomic mass is 14.8. The van der Waals surface area contributed by atoms with E-state index in [4.69, 9.17) is 0 Å². The van der Waals surface area contributed by atoms with Crippen molar-refractivity contribution < 1.29 is 0 Å². The van der Waals surface area contributed by atoms with Gasteiger partial charge in [0.1, 0.15) is 6.33 Å². The third kappa shape index (κ3) is 1.76. The van der Waals surface area contributed by atoms with Crippen LogP contribution in [0.25, 0.3) is 22.2 Å². The molecule has 0 saturated carbocycles. The fourth-order valence-corrected chi connectivity index (χ4v) is 1.88. The van der Waals surface area contributed by atoms with E-state index in [0.717, 1.165) is 27.9 Å². The molecule has 3 nitrogen and oxygen atoms in total. The van der Waals surface area contributed by atoms with E-state index in [0.29, 0.717) is 0 Å². The van der Waals surface area contributed by atoms with Crippen molar-refractivity contribution in [2.75, 3.05) is 0 Å². The lowest BCUT2D eigenvalue weighted by Crippen LogP contribution is -1.88. The third-order valence-corrected chi connectivity index (χ3v) is 2.80. The number of aromatic nitrogens is 3. The fraction of sp³-hybridized carbons (Fsp3) is 0.0714. The lowest BCUT2D eigenvalue weighted by Gasteiger charge is -2.03. The van der Waals surface area contributed by atoms with Gasteiger partial charge in [-0.1, -0.05) is 18.2 Å². The van der Waals surface area contributed by atoms with Crippen LogP contribution in [0.15, 0.2) is 48.9 Å². The molecule has 1 aromatic carbocycles. The van der Waals surface area contributed by atoms with Crippen molar-refractivity contribution in [3.8, 4) is 11.3 Å². The first-order valence-electron chi connectivity index (χ1n) is 5.47. The summed E-state index contributed by atoms with van der Waals surface area (Å²) >= 11 is 0. The van der Waals surface area contributed by atoms with Gasteiger partial charge in [-0.15, -0.1) is 0 Å². The van der Waals surface area contributed by atoms with Crippen LogP contribution in [0.5, 0.6) is 0 Å². The molecule has 0 fully saturated rings. The van der Waals surface area contributed by atoms with Crippen LogP contribution in [0.3, 0.4) is 0 Å². The number of hydrogen-bond acceptors (Lipinski definition) is 3. The number of benzene rings is 1. The predicted molar refractivity (Wildman–Crippen MR) is 67.5 cm³/mol. The summed E-state index contributed by atoms with van der Waals surface area (Å²) in [6.45, 7) is 1.99. The van der Waals surface area contributed by atoms with Gasteiger partial charge in [-0.05, 0) is 25.1 Å². The van der Waals surface area contributed by atoms with Crippen LogP contribution in [0.4, 0.5) is 0 Å². The molecule has 0 N–H and O–H groups in total. The Morgan fingerprint density at radius 1 is 0.941 bits per heavy atom. The van der Waals surface area contributed by atoms with Crippen LogP contribution >= 0.6 is 0 Å². The largest absolute Gasteiger partial charge is 0.256 e. The van der Waals surface area contributed by atoms with E-state index in [1.54, 1.807) is 12.5 Å². The molecule has 0 saturated heterocycles. The lowest BCUT2D eigenvalue weighted by molar-refractivity contribution is 1.15. The number of aryl methyl sites for hydroxylation is 1. The maximum atomic E-state index is 4.33. The summed E-state index contributed by atoms with van der Waals surface area (Å²) in [5.41, 5.74) is 4.00. The summed E-state index contributed by atoms with van der Waals surface area (Å²) < 4.78 is 0. The molecule has 0 aliphatic carbocycles. The van der Waals surface area contributed by atoms with Crippen molar-refractivity contribution in [1.82, 2.24) is 15.0 Å². The zero-order chi connectivity index (χ0) is 11.7. The van der Waals surface area contributed by atoms with E-state index in [1.165, 1.54) is 0 Å². The van der Waals surface area contributed by atoms with Crippen molar-refractivity contribution in [2.45, 2.75) is 6.92 Å². The minimum Gasteiger partial charge on any atom is -0.256 e. The summed E-state index contributed by atoms with van der Waals surface area (Å²) in [6, 6.07) is 12.0. The van der Waals surface area contributed by atoms with E-state index in [9.17, 15) is 0 Å². The van der Waals surface area contributed by atoms with E-state index in [2.05, 4.69) is 27.1 Å². The maximum absolute atomic E-state index is 4.33. The highest BCUT2D eigenvalue weighted by Crippen LogP contribution is 2.22. The van der Waals surface area contributed by atoms with Crippen LogP contribution in [0, 0.1) is 6.92 Å². The molecule has 0 atom stereocenters. The zero-order valence-electron chi connectivity index (χ0n) is 9.46. The Balaban J connectivity index is 2.21. The number of fused-ring (bicyclic) bond motifs is 1. The van der Waals surface area contributed by atoms with Gasteiger partial charge < -0.3 is 0 Å². The molecule has 0 amide bonds. The van der Waals surface area contributed by atoms with Crippen molar-refractivity contribution in [3.05, 3.63) is 54.6 Å². The number of rotatable bonds is 1. The molecule has 0 unspecified atom stereocenters. The molecule has 0 spiro atoms. The Morgan fingerprint density at radius 2 is 1.88 bits per heavy atom. The van der Waals surface area contributed by atoms with Crippen LogP contribution in [-0.2, 0) is 0 Å². The second-order valence-corrected chi connectivity index (χ2v) is 3.91. The highest BCUT2D eigenvalue weighted by Gasteiger charge is 2.03. The molecule has 0 radical (unpaired) electrons. The molecular weight excluding hydrogens is 210 g/mol. The van der Waals surface area contributed by atoms with Gasteiger partial charge in [-0.25, -0.2) is 9.97 Å². The van der Waals surface area contributed by atoms with Gasteiger partial charge in [0.25, 0.3) is 0 Å². The van der Waals surface area contributed by atoms with E-state index >= 15 is 0 Å². The monoisotopic (exact) mass is 221 g/mol.